The maximum atomic E-state index is 6.12. The molecular weight excluding hydrogens is 270 g/mol. The highest BCUT2D eigenvalue weighted by Crippen LogP contribution is 2.37. The van der Waals surface area contributed by atoms with Crippen LogP contribution in [-0.4, -0.2) is 16.6 Å². The summed E-state index contributed by atoms with van der Waals surface area (Å²) in [6, 6.07) is 6.03. The van der Waals surface area contributed by atoms with E-state index in [0.29, 0.717) is 5.92 Å². The average molecular weight is 292 g/mol. The van der Waals surface area contributed by atoms with Gasteiger partial charge in [-0.2, -0.15) is 5.10 Å². The molecule has 3 nitrogen and oxygen atoms in total. The third-order valence-electron chi connectivity index (χ3n) is 3.58. The average Bonchev–Trinajstić information content (AvgIpc) is 2.41. The molecule has 0 fully saturated rings. The lowest BCUT2D eigenvalue weighted by molar-refractivity contribution is 0.332. The van der Waals surface area contributed by atoms with Crippen LogP contribution in [0.15, 0.2) is 28.3 Å². The molecule has 1 aromatic carbocycles. The molecule has 0 spiro atoms. The summed E-state index contributed by atoms with van der Waals surface area (Å²) >= 11 is 6.12. The zero-order valence-corrected chi connectivity index (χ0v) is 13.6. The molecule has 0 amide bonds. The van der Waals surface area contributed by atoms with Crippen molar-refractivity contribution >= 4 is 28.8 Å². The van der Waals surface area contributed by atoms with Gasteiger partial charge in [-0.05, 0) is 38.5 Å². The second kappa shape index (κ2) is 5.96. The zero-order valence-electron chi connectivity index (χ0n) is 12.8. The van der Waals surface area contributed by atoms with E-state index in [1.54, 1.807) is 0 Å². The van der Waals surface area contributed by atoms with Crippen LogP contribution in [0, 0.1) is 5.92 Å². The number of hydrogen-bond donors (Lipinski definition) is 0. The molecule has 1 unspecified atom stereocenters. The van der Waals surface area contributed by atoms with Crippen LogP contribution in [-0.2, 0) is 0 Å². The lowest BCUT2D eigenvalue weighted by Gasteiger charge is -2.34. The van der Waals surface area contributed by atoms with Gasteiger partial charge < -0.3 is 0 Å². The van der Waals surface area contributed by atoms with Crippen molar-refractivity contribution in [3.8, 4) is 0 Å². The topological polar surface area (TPSA) is 28.0 Å². The Bertz CT molecular complexity index is 561. The number of halogens is 1. The summed E-state index contributed by atoms with van der Waals surface area (Å²) in [5, 5.41) is 7.53. The predicted octanol–water partition coefficient (Wildman–Crippen LogP) is 5.19. The van der Waals surface area contributed by atoms with Crippen LogP contribution in [0.3, 0.4) is 0 Å². The molecule has 0 radical (unpaired) electrons. The molecule has 0 saturated carbocycles. The SMILES string of the molecule is CC/C(C)=N/N1C(C(C)C)=Nc2ccc(Cl)cc2C1C. The summed E-state index contributed by atoms with van der Waals surface area (Å²) in [6.07, 6.45) is 0.941. The van der Waals surface area contributed by atoms with Crippen LogP contribution >= 0.6 is 11.6 Å². The van der Waals surface area contributed by atoms with Gasteiger partial charge in [-0.1, -0.05) is 32.4 Å². The van der Waals surface area contributed by atoms with Crippen LogP contribution < -0.4 is 0 Å². The molecule has 2 rings (SSSR count). The number of benzene rings is 1. The van der Waals surface area contributed by atoms with Gasteiger partial charge in [0, 0.05) is 22.2 Å². The van der Waals surface area contributed by atoms with Gasteiger partial charge in [-0.15, -0.1) is 0 Å². The lowest BCUT2D eigenvalue weighted by Crippen LogP contribution is -2.35. The molecule has 0 aromatic heterocycles. The van der Waals surface area contributed by atoms with Gasteiger partial charge in [0.15, 0.2) is 0 Å². The maximum Gasteiger partial charge on any atom is 0.128 e. The van der Waals surface area contributed by atoms with Crippen molar-refractivity contribution in [2.45, 2.75) is 47.1 Å². The Morgan fingerprint density at radius 3 is 2.75 bits per heavy atom. The van der Waals surface area contributed by atoms with E-state index in [0.717, 1.165) is 34.2 Å². The van der Waals surface area contributed by atoms with Gasteiger partial charge in [0.05, 0.1) is 11.7 Å². The fraction of sp³-hybridized carbons (Fsp3) is 0.500. The Hall–Kier alpha value is -1.35. The smallest absolute Gasteiger partial charge is 0.128 e. The fourth-order valence-electron chi connectivity index (χ4n) is 2.25. The molecule has 1 heterocycles. The minimum atomic E-state index is 0.153. The van der Waals surface area contributed by atoms with Gasteiger partial charge in [-0.3, -0.25) is 0 Å². The number of nitrogens with zero attached hydrogens (tertiary/aromatic N) is 3. The predicted molar refractivity (Wildman–Crippen MR) is 87.0 cm³/mol. The van der Waals surface area contributed by atoms with Crippen LogP contribution in [0.5, 0.6) is 0 Å². The number of amidine groups is 1. The first-order valence-electron chi connectivity index (χ1n) is 7.15. The number of fused-ring (bicyclic) bond motifs is 1. The van der Waals surface area contributed by atoms with E-state index in [2.05, 4.69) is 34.6 Å². The first-order chi connectivity index (χ1) is 9.43. The molecule has 0 saturated heterocycles. The van der Waals surface area contributed by atoms with Crippen LogP contribution in [0.1, 0.15) is 52.6 Å². The van der Waals surface area contributed by atoms with Crippen molar-refractivity contribution < 1.29 is 0 Å². The summed E-state index contributed by atoms with van der Waals surface area (Å²) in [5.74, 6) is 1.34. The van der Waals surface area contributed by atoms with Crippen LogP contribution in [0.25, 0.3) is 0 Å². The quantitative estimate of drug-likeness (QED) is 0.704. The minimum Gasteiger partial charge on any atom is -0.244 e. The van der Waals surface area contributed by atoms with E-state index in [-0.39, 0.29) is 6.04 Å². The van der Waals surface area contributed by atoms with Crippen molar-refractivity contribution in [3.05, 3.63) is 28.8 Å². The Labute approximate surface area is 126 Å². The lowest BCUT2D eigenvalue weighted by atomic mass is 10.0. The van der Waals surface area contributed by atoms with Crippen molar-refractivity contribution in [2.24, 2.45) is 16.0 Å². The standard InChI is InChI=1S/C16H22ClN3/c1-6-11(4)19-20-12(5)14-9-13(17)7-8-15(14)18-16(20)10(2)3/h7-10,12H,6H2,1-5H3/b19-11+. The second-order valence-corrected chi connectivity index (χ2v) is 5.97. The Morgan fingerprint density at radius 1 is 1.45 bits per heavy atom. The van der Waals surface area contributed by atoms with Gasteiger partial charge in [0.1, 0.15) is 5.84 Å². The highest BCUT2D eigenvalue weighted by Gasteiger charge is 2.28. The van der Waals surface area contributed by atoms with Crippen LogP contribution in [0.4, 0.5) is 5.69 Å². The third-order valence-corrected chi connectivity index (χ3v) is 3.82. The van der Waals surface area contributed by atoms with E-state index in [1.165, 1.54) is 0 Å². The van der Waals surface area contributed by atoms with E-state index in [4.69, 9.17) is 21.7 Å². The van der Waals surface area contributed by atoms with Crippen molar-refractivity contribution in [1.82, 2.24) is 5.01 Å². The summed E-state index contributed by atoms with van der Waals surface area (Å²) in [4.78, 5) is 4.78. The fourth-order valence-corrected chi connectivity index (χ4v) is 2.43. The Morgan fingerprint density at radius 2 is 2.15 bits per heavy atom. The first-order valence-corrected chi connectivity index (χ1v) is 7.53. The maximum absolute atomic E-state index is 6.12. The monoisotopic (exact) mass is 291 g/mol. The Kier molecular flexibility index (Phi) is 4.48. The third kappa shape index (κ3) is 2.88. The summed E-state index contributed by atoms with van der Waals surface area (Å²) < 4.78 is 0. The molecule has 0 bridgehead atoms. The van der Waals surface area contributed by atoms with Gasteiger partial charge in [0.2, 0.25) is 0 Å². The van der Waals surface area contributed by atoms with Gasteiger partial charge in [-0.25, -0.2) is 10.0 Å². The molecule has 108 valence electrons. The van der Waals surface area contributed by atoms with Crippen molar-refractivity contribution in [2.75, 3.05) is 0 Å². The van der Waals surface area contributed by atoms with Crippen molar-refractivity contribution in [1.29, 1.82) is 0 Å². The van der Waals surface area contributed by atoms with E-state index in [1.807, 2.05) is 23.2 Å². The van der Waals surface area contributed by atoms with Crippen molar-refractivity contribution in [3.63, 3.8) is 0 Å². The molecule has 0 aliphatic carbocycles. The zero-order chi connectivity index (χ0) is 14.9. The number of rotatable bonds is 3. The molecule has 0 N–H and O–H groups in total. The molecule has 1 aliphatic heterocycles. The van der Waals surface area contributed by atoms with Gasteiger partial charge >= 0.3 is 0 Å². The molecule has 1 aromatic rings. The Balaban J connectivity index is 2.53. The molecule has 1 aliphatic rings. The van der Waals surface area contributed by atoms with Gasteiger partial charge in [0.25, 0.3) is 0 Å². The molecule has 20 heavy (non-hydrogen) atoms. The first kappa shape index (κ1) is 15.0. The largest absolute Gasteiger partial charge is 0.244 e. The number of aliphatic imine (C=N–C) groups is 1. The number of hydrogen-bond acceptors (Lipinski definition) is 3. The highest BCUT2D eigenvalue weighted by molar-refractivity contribution is 6.30. The second-order valence-electron chi connectivity index (χ2n) is 5.54. The summed E-state index contributed by atoms with van der Waals surface area (Å²) in [6.45, 7) is 10.6. The summed E-state index contributed by atoms with van der Waals surface area (Å²) in [7, 11) is 0. The number of hydrazone groups is 1. The van der Waals surface area contributed by atoms with E-state index < -0.39 is 0 Å². The van der Waals surface area contributed by atoms with E-state index >= 15 is 0 Å². The van der Waals surface area contributed by atoms with Crippen LogP contribution in [0.2, 0.25) is 5.02 Å². The van der Waals surface area contributed by atoms with E-state index in [9.17, 15) is 0 Å². The minimum absolute atomic E-state index is 0.153. The normalized spacial score (nSPS) is 19.1. The highest BCUT2D eigenvalue weighted by atomic mass is 35.5. The molecular formula is C16H22ClN3. The summed E-state index contributed by atoms with van der Waals surface area (Å²) in [5.41, 5.74) is 3.25. The molecule has 4 heteroatoms. The molecule has 1 atom stereocenters.